The highest BCUT2D eigenvalue weighted by Crippen LogP contribution is 2.50. The molecular weight excluding hydrogens is 502 g/mol. The predicted molar refractivity (Wildman–Crippen MR) is 148 cm³/mol. The van der Waals surface area contributed by atoms with Gasteiger partial charge in [0.25, 0.3) is 0 Å². The fourth-order valence-electron chi connectivity index (χ4n) is 5.75. The summed E-state index contributed by atoms with van der Waals surface area (Å²) in [7, 11) is 0. The van der Waals surface area contributed by atoms with E-state index >= 15 is 0 Å². The lowest BCUT2D eigenvalue weighted by molar-refractivity contribution is -0.116. The summed E-state index contributed by atoms with van der Waals surface area (Å²) in [5.74, 6) is -0.524. The van der Waals surface area contributed by atoms with Crippen LogP contribution in [0.3, 0.4) is 0 Å². The molecule has 0 fully saturated rings. The second-order valence-corrected chi connectivity index (χ2v) is 11.5. The van der Waals surface area contributed by atoms with Gasteiger partial charge in [0.1, 0.15) is 10.8 Å². The second-order valence-electron chi connectivity index (χ2n) is 9.55. The van der Waals surface area contributed by atoms with Crippen molar-refractivity contribution < 1.29 is 14.3 Å². The van der Waals surface area contributed by atoms with Gasteiger partial charge in [0.2, 0.25) is 0 Å². The minimum absolute atomic E-state index is 0.0428. The minimum Gasteiger partial charge on any atom is -0.462 e. The van der Waals surface area contributed by atoms with Crippen LogP contribution in [-0.4, -0.2) is 24.6 Å². The van der Waals surface area contributed by atoms with Gasteiger partial charge in [-0.05, 0) is 75.0 Å². The van der Waals surface area contributed by atoms with Gasteiger partial charge in [-0.25, -0.2) is 4.79 Å². The summed E-state index contributed by atoms with van der Waals surface area (Å²) in [6.45, 7) is 2.08. The van der Waals surface area contributed by atoms with Gasteiger partial charge in [-0.3, -0.25) is 9.69 Å². The second kappa shape index (κ2) is 10.8. The molecular formula is C29H31N3O3S2. The lowest BCUT2D eigenvalue weighted by Crippen LogP contribution is -2.39. The number of rotatable bonds is 5. The van der Waals surface area contributed by atoms with Gasteiger partial charge in [0, 0.05) is 27.5 Å². The number of allylic oxidation sites excluding steroid dienone is 3. The highest BCUT2D eigenvalue weighted by molar-refractivity contribution is 7.98. The van der Waals surface area contributed by atoms with Gasteiger partial charge in [-0.2, -0.15) is 5.26 Å². The Labute approximate surface area is 226 Å². The molecule has 0 spiro atoms. The maximum absolute atomic E-state index is 13.5. The molecule has 0 saturated carbocycles. The van der Waals surface area contributed by atoms with Crippen LogP contribution >= 0.6 is 23.1 Å². The Morgan fingerprint density at radius 3 is 2.62 bits per heavy atom. The van der Waals surface area contributed by atoms with E-state index in [1.165, 1.54) is 4.88 Å². The van der Waals surface area contributed by atoms with E-state index in [1.807, 2.05) is 35.4 Å². The van der Waals surface area contributed by atoms with E-state index in [2.05, 4.69) is 6.07 Å². The summed E-state index contributed by atoms with van der Waals surface area (Å²) < 4.78 is 5.52. The Morgan fingerprint density at radius 1 is 1.16 bits per heavy atom. The van der Waals surface area contributed by atoms with Crippen LogP contribution in [0.15, 0.2) is 51.8 Å². The number of hydrogen-bond donors (Lipinski definition) is 1. The lowest BCUT2D eigenvalue weighted by Gasteiger charge is -2.39. The number of carbonyl (C=O) groups is 2. The molecule has 2 heterocycles. The summed E-state index contributed by atoms with van der Waals surface area (Å²) in [5, 5.41) is 11.0. The van der Waals surface area contributed by atoms with Crippen LogP contribution in [0, 0.1) is 11.3 Å². The first-order valence-corrected chi connectivity index (χ1v) is 15.0. The van der Waals surface area contributed by atoms with Crippen molar-refractivity contribution in [2.75, 3.05) is 17.8 Å². The quantitative estimate of drug-likeness (QED) is 0.277. The van der Waals surface area contributed by atoms with Gasteiger partial charge in [-0.1, -0.05) is 18.6 Å². The zero-order valence-electron chi connectivity index (χ0n) is 21.3. The summed E-state index contributed by atoms with van der Waals surface area (Å²) in [5.41, 5.74) is 11.1. The maximum Gasteiger partial charge on any atom is 0.341 e. The third-order valence-corrected chi connectivity index (χ3v) is 9.47. The molecule has 1 aromatic carbocycles. The number of nitrogens with two attached hydrogens (primary N) is 1. The number of fused-ring (bicyclic) bond motifs is 1. The number of esters is 1. The van der Waals surface area contributed by atoms with Crippen molar-refractivity contribution >= 4 is 39.9 Å². The van der Waals surface area contributed by atoms with E-state index in [4.69, 9.17) is 10.5 Å². The Hall–Kier alpha value is -3.02. The Morgan fingerprint density at radius 2 is 1.92 bits per heavy atom. The number of Topliss-reactive ketones (excluding diaryl/α,β-unsaturated/α-hetero) is 1. The summed E-state index contributed by atoms with van der Waals surface area (Å²) >= 11 is 3.21. The zero-order valence-corrected chi connectivity index (χ0v) is 22.9. The minimum atomic E-state index is -0.510. The van der Waals surface area contributed by atoms with Crippen molar-refractivity contribution in [3.63, 3.8) is 0 Å². The SMILES string of the molecule is CCOC(=O)c1c(N2C(N)=C(C#N)[C@@H](c3ccc(SC)cc3)C3=C2CCCC3=O)sc2c1CCCCC2. The third kappa shape index (κ3) is 4.49. The Bertz CT molecular complexity index is 1350. The number of ether oxygens (including phenoxy) is 1. The normalized spacial score (nSPS) is 19.8. The van der Waals surface area contributed by atoms with Gasteiger partial charge in [-0.15, -0.1) is 23.1 Å². The van der Waals surface area contributed by atoms with E-state index < -0.39 is 5.92 Å². The molecule has 6 nitrogen and oxygen atoms in total. The number of carbonyl (C=O) groups excluding carboxylic acids is 2. The lowest BCUT2D eigenvalue weighted by atomic mass is 9.75. The predicted octanol–water partition coefficient (Wildman–Crippen LogP) is 6.22. The Balaban J connectivity index is 1.73. The molecule has 0 saturated heterocycles. The molecule has 0 unspecified atom stereocenters. The molecule has 5 rings (SSSR count). The molecule has 2 aliphatic carbocycles. The molecule has 37 heavy (non-hydrogen) atoms. The average molecular weight is 534 g/mol. The highest BCUT2D eigenvalue weighted by atomic mass is 32.2. The number of ketones is 1. The average Bonchev–Trinajstić information content (AvgIpc) is 3.10. The third-order valence-electron chi connectivity index (χ3n) is 7.45. The molecule has 0 bridgehead atoms. The number of nitriles is 1. The number of hydrogen-bond acceptors (Lipinski definition) is 8. The smallest absolute Gasteiger partial charge is 0.341 e. The van der Waals surface area contributed by atoms with Crippen LogP contribution in [0.4, 0.5) is 5.00 Å². The fraction of sp³-hybridized carbons (Fsp3) is 0.414. The summed E-state index contributed by atoms with van der Waals surface area (Å²) in [6.07, 6.45) is 8.77. The molecule has 1 atom stereocenters. The van der Waals surface area contributed by atoms with Gasteiger partial charge in [0.15, 0.2) is 5.78 Å². The van der Waals surface area contributed by atoms with Crippen molar-refractivity contribution in [3.05, 3.63) is 68.5 Å². The number of anilines is 1. The molecule has 192 valence electrons. The van der Waals surface area contributed by atoms with Crippen molar-refractivity contribution in [2.24, 2.45) is 5.73 Å². The first-order chi connectivity index (χ1) is 18.0. The summed E-state index contributed by atoms with van der Waals surface area (Å²) in [4.78, 5) is 31.0. The van der Waals surface area contributed by atoms with Gasteiger partial charge >= 0.3 is 5.97 Å². The zero-order chi connectivity index (χ0) is 26.1. The molecule has 8 heteroatoms. The highest BCUT2D eigenvalue weighted by Gasteiger charge is 2.42. The Kier molecular flexibility index (Phi) is 7.45. The van der Waals surface area contributed by atoms with Gasteiger partial charge < -0.3 is 10.5 Å². The van der Waals surface area contributed by atoms with Crippen LogP contribution in [-0.2, 0) is 22.4 Å². The molecule has 1 aliphatic heterocycles. The molecule has 0 radical (unpaired) electrons. The monoisotopic (exact) mass is 533 g/mol. The van der Waals surface area contributed by atoms with E-state index in [1.54, 1.807) is 30.0 Å². The van der Waals surface area contributed by atoms with Crippen LogP contribution in [0.25, 0.3) is 0 Å². The van der Waals surface area contributed by atoms with Crippen LogP contribution in [0.5, 0.6) is 0 Å². The van der Waals surface area contributed by atoms with Crippen LogP contribution in [0.1, 0.15) is 77.7 Å². The van der Waals surface area contributed by atoms with Crippen molar-refractivity contribution in [1.29, 1.82) is 5.26 Å². The maximum atomic E-state index is 13.5. The van der Waals surface area contributed by atoms with Gasteiger partial charge in [0.05, 0.1) is 29.7 Å². The topological polar surface area (TPSA) is 96.4 Å². The molecule has 1 aromatic heterocycles. The molecule has 3 aliphatic rings. The number of thioether (sulfide) groups is 1. The van der Waals surface area contributed by atoms with Crippen molar-refractivity contribution in [2.45, 2.75) is 69.1 Å². The molecule has 2 aromatic rings. The summed E-state index contributed by atoms with van der Waals surface area (Å²) in [6, 6.07) is 10.3. The van der Waals surface area contributed by atoms with E-state index in [0.29, 0.717) is 46.8 Å². The van der Waals surface area contributed by atoms with E-state index in [-0.39, 0.29) is 18.4 Å². The van der Waals surface area contributed by atoms with Crippen LogP contribution < -0.4 is 10.6 Å². The van der Waals surface area contributed by atoms with Crippen LogP contribution in [0.2, 0.25) is 0 Å². The van der Waals surface area contributed by atoms with Crippen molar-refractivity contribution in [1.82, 2.24) is 0 Å². The van der Waals surface area contributed by atoms with Crippen molar-refractivity contribution in [3.8, 4) is 6.07 Å². The number of thiophene rings is 1. The first-order valence-electron chi connectivity index (χ1n) is 12.9. The fourth-order valence-corrected chi connectivity index (χ4v) is 7.57. The molecule has 0 amide bonds. The number of aryl methyl sites for hydroxylation is 1. The number of nitrogens with zero attached hydrogens (tertiary/aromatic N) is 2. The van der Waals surface area contributed by atoms with E-state index in [9.17, 15) is 14.9 Å². The number of benzene rings is 1. The standard InChI is InChI=1S/C29H31N3O3S2/c1-3-35-29(34)25-19-8-5-4-6-11-23(19)37-28(25)32-21-9-7-10-22(33)26(21)24(20(16-30)27(32)31)17-12-14-18(36-2)15-13-17/h12-15,24H,3-11,31H2,1-2H3/t24-/m1/s1. The first kappa shape index (κ1) is 25.6. The largest absolute Gasteiger partial charge is 0.462 e. The molecule has 2 N–H and O–H groups in total. The van der Waals surface area contributed by atoms with E-state index in [0.717, 1.165) is 53.8 Å².